The molecule has 0 radical (unpaired) electrons. The fourth-order valence-corrected chi connectivity index (χ4v) is 3.56. The van der Waals surface area contributed by atoms with Crippen LogP contribution in [0.1, 0.15) is 18.4 Å². The smallest absolute Gasteiger partial charge is 0.285 e. The molecule has 0 atom stereocenters. The van der Waals surface area contributed by atoms with E-state index in [1.54, 1.807) is 29.2 Å². The normalized spacial score (nSPS) is 21.7. The maximum Gasteiger partial charge on any atom is 0.285 e. The number of amidine groups is 1. The molecule has 0 amide bonds. The molecule has 1 aromatic rings. The maximum absolute atomic E-state index is 11.9. The first-order valence-electron chi connectivity index (χ1n) is 5.79. The third-order valence-electron chi connectivity index (χ3n) is 3.16. The molecule has 2 heterocycles. The molecule has 1 fully saturated rings. The van der Waals surface area contributed by atoms with Crippen LogP contribution >= 0.6 is 0 Å². The summed E-state index contributed by atoms with van der Waals surface area (Å²) in [5.41, 5.74) is 0.604. The fourth-order valence-electron chi connectivity index (χ4n) is 2.34. The van der Waals surface area contributed by atoms with Crippen molar-refractivity contribution in [3.63, 3.8) is 0 Å². The summed E-state index contributed by atoms with van der Waals surface area (Å²) in [7, 11) is -3.59. The Labute approximate surface area is 105 Å². The van der Waals surface area contributed by atoms with Gasteiger partial charge >= 0.3 is 0 Å². The standard InChI is InChI=1S/C12H12N2O3S/c15-9-4-3-7-14(8-9)12-10-5-1-2-6-11(10)18(16,17)13-12/h1-2,5-6H,3-4,7-8H2. The summed E-state index contributed by atoms with van der Waals surface area (Å²) in [4.78, 5) is 13.5. The van der Waals surface area contributed by atoms with Crippen molar-refractivity contribution < 1.29 is 13.2 Å². The zero-order chi connectivity index (χ0) is 12.8. The van der Waals surface area contributed by atoms with Crippen molar-refractivity contribution in [2.24, 2.45) is 4.40 Å². The molecule has 5 nitrogen and oxygen atoms in total. The first-order valence-corrected chi connectivity index (χ1v) is 7.23. The molecular weight excluding hydrogens is 252 g/mol. The van der Waals surface area contributed by atoms with Crippen molar-refractivity contribution in [2.45, 2.75) is 17.7 Å². The first kappa shape index (κ1) is 11.4. The predicted octanol–water partition coefficient (Wildman–Crippen LogP) is 0.800. The van der Waals surface area contributed by atoms with E-state index in [4.69, 9.17) is 0 Å². The minimum atomic E-state index is -3.59. The number of sulfonamides is 1. The monoisotopic (exact) mass is 264 g/mol. The Hall–Kier alpha value is -1.69. The zero-order valence-electron chi connectivity index (χ0n) is 9.67. The number of hydrogen-bond acceptors (Lipinski definition) is 4. The van der Waals surface area contributed by atoms with Gasteiger partial charge in [-0.05, 0) is 18.6 Å². The lowest BCUT2D eigenvalue weighted by Crippen LogP contribution is -2.40. The molecule has 0 bridgehead atoms. The zero-order valence-corrected chi connectivity index (χ0v) is 10.5. The summed E-state index contributed by atoms with van der Waals surface area (Å²) in [6, 6.07) is 6.74. The predicted molar refractivity (Wildman–Crippen MR) is 66.0 cm³/mol. The molecule has 2 aliphatic heterocycles. The topological polar surface area (TPSA) is 66.8 Å². The molecule has 0 spiro atoms. The van der Waals surface area contributed by atoms with Gasteiger partial charge in [0, 0.05) is 18.5 Å². The Morgan fingerprint density at radius 3 is 2.78 bits per heavy atom. The van der Waals surface area contributed by atoms with Crippen LogP contribution < -0.4 is 0 Å². The van der Waals surface area contributed by atoms with Gasteiger partial charge in [0.05, 0.1) is 6.54 Å². The molecule has 1 aromatic carbocycles. The number of rotatable bonds is 0. The summed E-state index contributed by atoms with van der Waals surface area (Å²) in [6.07, 6.45) is 1.32. The summed E-state index contributed by atoms with van der Waals surface area (Å²) in [6.45, 7) is 0.928. The van der Waals surface area contributed by atoms with Crippen molar-refractivity contribution in [1.82, 2.24) is 4.90 Å². The second-order valence-electron chi connectivity index (χ2n) is 4.45. The Bertz CT molecular complexity index is 649. The van der Waals surface area contributed by atoms with E-state index in [1.807, 2.05) is 0 Å². The number of benzene rings is 1. The van der Waals surface area contributed by atoms with Crippen LogP contribution in [0.5, 0.6) is 0 Å². The largest absolute Gasteiger partial charge is 0.348 e. The number of likely N-dealkylation sites (tertiary alicyclic amines) is 1. The highest BCUT2D eigenvalue weighted by Crippen LogP contribution is 2.28. The minimum absolute atomic E-state index is 0.130. The van der Waals surface area contributed by atoms with Gasteiger partial charge in [0.25, 0.3) is 10.0 Å². The number of carbonyl (C=O) groups is 1. The lowest BCUT2D eigenvalue weighted by atomic mass is 10.1. The van der Waals surface area contributed by atoms with Gasteiger partial charge < -0.3 is 4.90 Å². The minimum Gasteiger partial charge on any atom is -0.348 e. The molecule has 1 saturated heterocycles. The Morgan fingerprint density at radius 1 is 1.22 bits per heavy atom. The van der Waals surface area contributed by atoms with Crippen LogP contribution in [0.2, 0.25) is 0 Å². The Morgan fingerprint density at radius 2 is 2.00 bits per heavy atom. The van der Waals surface area contributed by atoms with Gasteiger partial charge in [-0.25, -0.2) is 0 Å². The highest BCUT2D eigenvalue weighted by Gasteiger charge is 2.33. The highest BCUT2D eigenvalue weighted by atomic mass is 32.2. The number of Topliss-reactive ketones (excluding diaryl/α,β-unsaturated/α-hetero) is 1. The van der Waals surface area contributed by atoms with Crippen molar-refractivity contribution in [3.8, 4) is 0 Å². The van der Waals surface area contributed by atoms with Gasteiger partial charge in [-0.15, -0.1) is 4.40 Å². The summed E-state index contributed by atoms with van der Waals surface area (Å²) >= 11 is 0. The van der Waals surface area contributed by atoms with E-state index in [0.29, 0.717) is 24.4 Å². The highest BCUT2D eigenvalue weighted by molar-refractivity contribution is 7.90. The average molecular weight is 264 g/mol. The first-order chi connectivity index (χ1) is 8.58. The molecule has 2 aliphatic rings. The van der Waals surface area contributed by atoms with Crippen LogP contribution in [0.4, 0.5) is 0 Å². The van der Waals surface area contributed by atoms with Crippen LogP contribution in [0.3, 0.4) is 0 Å². The van der Waals surface area contributed by atoms with Crippen LogP contribution in [0.25, 0.3) is 0 Å². The molecule has 3 rings (SSSR count). The van der Waals surface area contributed by atoms with E-state index < -0.39 is 10.0 Å². The molecule has 0 aromatic heterocycles. The van der Waals surface area contributed by atoms with Crippen molar-refractivity contribution >= 4 is 21.6 Å². The fraction of sp³-hybridized carbons (Fsp3) is 0.333. The number of carbonyl (C=O) groups excluding carboxylic acids is 1. The van der Waals surface area contributed by atoms with Gasteiger partial charge in [0.2, 0.25) is 0 Å². The summed E-state index contributed by atoms with van der Waals surface area (Å²) < 4.78 is 27.6. The second kappa shape index (κ2) is 3.91. The maximum atomic E-state index is 11.9. The van der Waals surface area contributed by atoms with Crippen molar-refractivity contribution in [1.29, 1.82) is 0 Å². The third-order valence-corrected chi connectivity index (χ3v) is 4.49. The van der Waals surface area contributed by atoms with Gasteiger partial charge in [0.1, 0.15) is 4.90 Å². The van der Waals surface area contributed by atoms with E-state index >= 15 is 0 Å². The van der Waals surface area contributed by atoms with Crippen LogP contribution in [-0.4, -0.2) is 38.0 Å². The van der Waals surface area contributed by atoms with Gasteiger partial charge in [0.15, 0.2) is 11.6 Å². The second-order valence-corrected chi connectivity index (χ2v) is 6.02. The van der Waals surface area contributed by atoms with Gasteiger partial charge in [-0.3, -0.25) is 4.79 Å². The Kier molecular flexibility index (Phi) is 2.48. The molecule has 0 saturated carbocycles. The van der Waals surface area contributed by atoms with Crippen molar-refractivity contribution in [2.75, 3.05) is 13.1 Å². The third kappa shape index (κ3) is 1.73. The van der Waals surface area contributed by atoms with E-state index in [0.717, 1.165) is 6.42 Å². The van der Waals surface area contributed by atoms with Gasteiger partial charge in [-0.2, -0.15) is 8.42 Å². The average Bonchev–Trinajstić information content (AvgIpc) is 2.63. The van der Waals surface area contributed by atoms with E-state index in [-0.39, 0.29) is 17.2 Å². The molecule has 94 valence electrons. The number of ketones is 1. The lowest BCUT2D eigenvalue weighted by Gasteiger charge is -2.27. The van der Waals surface area contributed by atoms with Crippen LogP contribution in [-0.2, 0) is 14.8 Å². The van der Waals surface area contributed by atoms with Gasteiger partial charge in [-0.1, -0.05) is 12.1 Å². The van der Waals surface area contributed by atoms with E-state index in [1.165, 1.54) is 0 Å². The molecule has 0 N–H and O–H groups in total. The van der Waals surface area contributed by atoms with E-state index in [9.17, 15) is 13.2 Å². The van der Waals surface area contributed by atoms with Crippen molar-refractivity contribution in [3.05, 3.63) is 29.8 Å². The SMILES string of the molecule is O=C1CCCN(C2=NS(=O)(=O)c3ccccc32)C1. The number of piperidine rings is 1. The Balaban J connectivity index is 2.06. The summed E-state index contributed by atoms with van der Waals surface area (Å²) in [5, 5.41) is 0. The van der Waals surface area contributed by atoms with Crippen LogP contribution in [0.15, 0.2) is 33.6 Å². The number of nitrogens with zero attached hydrogens (tertiary/aromatic N) is 2. The van der Waals surface area contributed by atoms with E-state index in [2.05, 4.69) is 4.40 Å². The number of hydrogen-bond donors (Lipinski definition) is 0. The molecule has 18 heavy (non-hydrogen) atoms. The quantitative estimate of drug-likeness (QED) is 0.695. The number of fused-ring (bicyclic) bond motifs is 1. The molecule has 0 aliphatic carbocycles. The lowest BCUT2D eigenvalue weighted by molar-refractivity contribution is -0.120. The molecule has 6 heteroatoms. The van der Waals surface area contributed by atoms with Crippen LogP contribution in [0, 0.1) is 0 Å². The molecule has 0 unspecified atom stereocenters. The molecular formula is C12H12N2O3S. The summed E-state index contributed by atoms with van der Waals surface area (Å²) in [5.74, 6) is 0.546.